The Labute approximate surface area is 151 Å². The molecule has 0 aliphatic carbocycles. The first-order valence-electron chi connectivity index (χ1n) is 8.30. The molecule has 136 valence electrons. The van der Waals surface area contributed by atoms with Gasteiger partial charge in [-0.05, 0) is 24.1 Å². The quantitative estimate of drug-likeness (QED) is 0.871. The van der Waals surface area contributed by atoms with Gasteiger partial charge in [-0.2, -0.15) is 0 Å². The number of nitrogens with two attached hydrogens (primary N) is 1. The van der Waals surface area contributed by atoms with Crippen LogP contribution in [-0.4, -0.2) is 34.7 Å². The van der Waals surface area contributed by atoms with Crippen molar-refractivity contribution >= 4 is 23.5 Å². The lowest BCUT2D eigenvalue weighted by Crippen LogP contribution is -2.48. The van der Waals surface area contributed by atoms with Crippen LogP contribution < -0.4 is 11.1 Å². The molecule has 8 nitrogen and oxygen atoms in total. The average Bonchev–Trinajstić information content (AvgIpc) is 3.06. The van der Waals surface area contributed by atoms with Gasteiger partial charge < -0.3 is 15.5 Å². The van der Waals surface area contributed by atoms with Gasteiger partial charge in [-0.15, -0.1) is 0 Å². The number of rotatable bonds is 4. The van der Waals surface area contributed by atoms with Crippen LogP contribution in [-0.2, 0) is 10.3 Å². The monoisotopic (exact) mass is 355 g/mol. The molecule has 1 aromatic carbocycles. The Morgan fingerprint density at radius 2 is 2.23 bits per heavy atom. The molecule has 3 N–H and O–H groups in total. The number of carbonyl (C=O) groups excluding carboxylic acids is 2. The van der Waals surface area contributed by atoms with E-state index in [1.165, 1.54) is 11.2 Å². The maximum absolute atomic E-state index is 12.3. The van der Waals surface area contributed by atoms with Crippen LogP contribution in [0.25, 0.3) is 0 Å². The van der Waals surface area contributed by atoms with E-state index in [4.69, 9.17) is 10.2 Å². The molecule has 1 atom stereocenters. The van der Waals surface area contributed by atoms with Gasteiger partial charge in [0.1, 0.15) is 6.26 Å². The molecule has 2 aromatic rings. The highest BCUT2D eigenvalue weighted by molar-refractivity contribution is 6.02. The second kappa shape index (κ2) is 6.62. The lowest BCUT2D eigenvalue weighted by atomic mass is 9.83. The Bertz CT molecular complexity index is 888. The van der Waals surface area contributed by atoms with Crippen molar-refractivity contribution in [3.63, 3.8) is 0 Å². The van der Waals surface area contributed by atoms with Crippen LogP contribution in [0.3, 0.4) is 0 Å². The second-order valence-corrected chi connectivity index (χ2v) is 6.27. The Morgan fingerprint density at radius 3 is 2.85 bits per heavy atom. The van der Waals surface area contributed by atoms with E-state index in [-0.39, 0.29) is 29.9 Å². The molecule has 1 aromatic heterocycles. The molecule has 0 radical (unpaired) electrons. The molecule has 1 aliphatic heterocycles. The number of aryl methyl sites for hydroxylation is 1. The fourth-order valence-electron chi connectivity index (χ4n) is 2.95. The summed E-state index contributed by atoms with van der Waals surface area (Å²) in [6.45, 7) is 3.63. The number of nitrogens with zero attached hydrogens (tertiary/aromatic N) is 3. The van der Waals surface area contributed by atoms with E-state index in [0.29, 0.717) is 18.0 Å². The van der Waals surface area contributed by atoms with Crippen LogP contribution in [0.1, 0.15) is 41.7 Å². The zero-order chi connectivity index (χ0) is 18.9. The summed E-state index contributed by atoms with van der Waals surface area (Å²) >= 11 is 0. The smallest absolute Gasteiger partial charge is 0.277 e. The first kappa shape index (κ1) is 17.7. The number of oxazole rings is 1. The normalized spacial score (nSPS) is 20.0. The van der Waals surface area contributed by atoms with Crippen molar-refractivity contribution in [2.75, 3.05) is 12.4 Å². The molecule has 0 fully saturated rings. The standard InChI is InChI=1S/C18H21N5O3/c1-4-18(9-15(24)23(3)17(19)22-18)12-6-5-7-13(8-12)21-16(25)14-10-26-11(2)20-14/h5-8,10H,4,9H2,1-3H3,(H2,19,22)(H,21,25)/t18-/m0/s1. The van der Waals surface area contributed by atoms with Crippen molar-refractivity contribution < 1.29 is 14.0 Å². The average molecular weight is 355 g/mol. The minimum atomic E-state index is -0.737. The molecule has 0 spiro atoms. The zero-order valence-corrected chi connectivity index (χ0v) is 14.9. The summed E-state index contributed by atoms with van der Waals surface area (Å²) in [7, 11) is 1.61. The van der Waals surface area contributed by atoms with Gasteiger partial charge in [0.15, 0.2) is 17.5 Å². The largest absolute Gasteiger partial charge is 0.448 e. The first-order chi connectivity index (χ1) is 12.3. The molecular weight excluding hydrogens is 334 g/mol. The van der Waals surface area contributed by atoms with Gasteiger partial charge in [-0.3, -0.25) is 14.5 Å². The van der Waals surface area contributed by atoms with Crippen LogP contribution in [0.2, 0.25) is 0 Å². The summed E-state index contributed by atoms with van der Waals surface area (Å²) in [6.07, 6.45) is 2.14. The van der Waals surface area contributed by atoms with Crippen LogP contribution in [0.5, 0.6) is 0 Å². The SMILES string of the molecule is CC[C@@]1(c2cccc(NC(=O)c3coc(C)n3)c2)CC(=O)N(C)C(N)=N1. The number of hydrogen-bond donors (Lipinski definition) is 2. The molecule has 0 unspecified atom stereocenters. The van der Waals surface area contributed by atoms with Crippen LogP contribution in [0, 0.1) is 6.92 Å². The van der Waals surface area contributed by atoms with Crippen molar-refractivity contribution in [1.29, 1.82) is 0 Å². The minimum absolute atomic E-state index is 0.0909. The van der Waals surface area contributed by atoms with E-state index >= 15 is 0 Å². The third-order valence-electron chi connectivity index (χ3n) is 4.58. The number of guanidine groups is 1. The van der Waals surface area contributed by atoms with E-state index in [1.54, 1.807) is 20.0 Å². The number of aromatic nitrogens is 1. The third-order valence-corrected chi connectivity index (χ3v) is 4.58. The van der Waals surface area contributed by atoms with Gasteiger partial charge >= 0.3 is 0 Å². The van der Waals surface area contributed by atoms with Gasteiger partial charge in [0.2, 0.25) is 5.91 Å². The van der Waals surface area contributed by atoms with E-state index in [2.05, 4.69) is 15.3 Å². The molecule has 1 aliphatic rings. The Morgan fingerprint density at radius 1 is 1.46 bits per heavy atom. The number of nitrogens with one attached hydrogen (secondary N) is 1. The number of aliphatic imine (C=N–C) groups is 1. The first-order valence-corrected chi connectivity index (χ1v) is 8.30. The number of hydrogen-bond acceptors (Lipinski definition) is 6. The highest BCUT2D eigenvalue weighted by atomic mass is 16.3. The summed E-state index contributed by atoms with van der Waals surface area (Å²) in [5.74, 6) is 0.151. The number of benzene rings is 1. The van der Waals surface area contributed by atoms with Crippen LogP contribution >= 0.6 is 0 Å². The maximum atomic E-state index is 12.3. The van der Waals surface area contributed by atoms with Crippen molar-refractivity contribution in [3.05, 3.63) is 47.7 Å². The Kier molecular flexibility index (Phi) is 4.50. The van der Waals surface area contributed by atoms with Crippen molar-refractivity contribution in [2.24, 2.45) is 10.7 Å². The maximum Gasteiger partial charge on any atom is 0.277 e. The van der Waals surface area contributed by atoms with Crippen molar-refractivity contribution in [1.82, 2.24) is 9.88 Å². The summed E-state index contributed by atoms with van der Waals surface area (Å²) in [6, 6.07) is 7.27. The second-order valence-electron chi connectivity index (χ2n) is 6.27. The molecule has 2 amide bonds. The van der Waals surface area contributed by atoms with Gasteiger partial charge in [-0.1, -0.05) is 19.1 Å². The summed E-state index contributed by atoms with van der Waals surface area (Å²) in [4.78, 5) is 34.5. The van der Waals surface area contributed by atoms with Crippen LogP contribution in [0.4, 0.5) is 5.69 Å². The number of carbonyl (C=O) groups is 2. The van der Waals surface area contributed by atoms with Gasteiger partial charge in [0, 0.05) is 19.7 Å². The lowest BCUT2D eigenvalue weighted by Gasteiger charge is -2.36. The minimum Gasteiger partial charge on any atom is -0.448 e. The van der Waals surface area contributed by atoms with E-state index in [0.717, 1.165) is 5.56 Å². The molecule has 3 rings (SSSR count). The molecule has 0 saturated carbocycles. The molecule has 0 saturated heterocycles. The van der Waals surface area contributed by atoms with Gasteiger partial charge in [0.05, 0.1) is 12.0 Å². The molecule has 8 heteroatoms. The molecular formula is C18H21N5O3. The predicted molar refractivity (Wildman–Crippen MR) is 96.6 cm³/mol. The Hall–Kier alpha value is -3.16. The lowest BCUT2D eigenvalue weighted by molar-refractivity contribution is -0.128. The van der Waals surface area contributed by atoms with Gasteiger partial charge in [0.25, 0.3) is 5.91 Å². The summed E-state index contributed by atoms with van der Waals surface area (Å²) in [5, 5.41) is 2.79. The summed E-state index contributed by atoms with van der Waals surface area (Å²) < 4.78 is 5.06. The van der Waals surface area contributed by atoms with E-state index in [9.17, 15) is 9.59 Å². The summed E-state index contributed by atoms with van der Waals surface area (Å²) in [5.41, 5.74) is 6.79. The highest BCUT2D eigenvalue weighted by Gasteiger charge is 2.38. The van der Waals surface area contributed by atoms with Crippen molar-refractivity contribution in [3.8, 4) is 0 Å². The Balaban J connectivity index is 1.91. The molecule has 2 heterocycles. The van der Waals surface area contributed by atoms with E-state index < -0.39 is 5.54 Å². The predicted octanol–water partition coefficient (Wildman–Crippen LogP) is 2.02. The fourth-order valence-corrected chi connectivity index (χ4v) is 2.95. The van der Waals surface area contributed by atoms with Crippen LogP contribution in [0.15, 0.2) is 39.9 Å². The highest BCUT2D eigenvalue weighted by Crippen LogP contribution is 2.37. The third kappa shape index (κ3) is 3.17. The fraction of sp³-hybridized carbons (Fsp3) is 0.333. The van der Waals surface area contributed by atoms with E-state index in [1.807, 2.05) is 25.1 Å². The van der Waals surface area contributed by atoms with Crippen molar-refractivity contribution in [2.45, 2.75) is 32.2 Å². The topological polar surface area (TPSA) is 114 Å². The number of amides is 2. The molecule has 0 bridgehead atoms. The zero-order valence-electron chi connectivity index (χ0n) is 14.9. The van der Waals surface area contributed by atoms with Gasteiger partial charge in [-0.25, -0.2) is 9.98 Å². The molecule has 26 heavy (non-hydrogen) atoms. The number of anilines is 1.